The highest BCUT2D eigenvalue weighted by Crippen LogP contribution is 2.24. The van der Waals surface area contributed by atoms with Crippen LogP contribution >= 0.6 is 0 Å². The minimum atomic E-state index is -0.458. The summed E-state index contributed by atoms with van der Waals surface area (Å²) in [7, 11) is 1.62. The molecule has 2 amide bonds. The third-order valence-corrected chi connectivity index (χ3v) is 3.30. The largest absolute Gasteiger partial charge is 0.496 e. The van der Waals surface area contributed by atoms with Crippen molar-refractivity contribution in [1.29, 1.82) is 0 Å². The molecular formula is C14H18N2O3. The Balaban J connectivity index is 2.12. The standard InChI is InChI=1S/C14H18N2O3/c1-4-16-13(17)8-11(14(16)18)15-10-5-6-12(19-3)9(2)7-10/h5-7,11,15H,4,8H2,1-3H3. The number of anilines is 1. The Morgan fingerprint density at radius 1 is 1.42 bits per heavy atom. The maximum atomic E-state index is 12.0. The van der Waals surface area contributed by atoms with Crippen LogP contribution in [0.15, 0.2) is 18.2 Å². The lowest BCUT2D eigenvalue weighted by Crippen LogP contribution is -2.34. The van der Waals surface area contributed by atoms with Crippen LogP contribution in [0.5, 0.6) is 5.75 Å². The van der Waals surface area contributed by atoms with Crippen molar-refractivity contribution in [2.45, 2.75) is 26.3 Å². The minimum Gasteiger partial charge on any atom is -0.496 e. The molecule has 2 rings (SSSR count). The Morgan fingerprint density at radius 3 is 2.68 bits per heavy atom. The van der Waals surface area contributed by atoms with E-state index in [0.29, 0.717) is 6.54 Å². The molecule has 5 heteroatoms. The SMILES string of the molecule is CCN1C(=O)CC(Nc2ccc(OC)c(C)c2)C1=O. The van der Waals surface area contributed by atoms with Gasteiger partial charge in [0.15, 0.2) is 0 Å². The second-order valence-corrected chi connectivity index (χ2v) is 4.56. The first-order chi connectivity index (χ1) is 9.06. The second-order valence-electron chi connectivity index (χ2n) is 4.56. The Hall–Kier alpha value is -2.04. The third-order valence-electron chi connectivity index (χ3n) is 3.30. The highest BCUT2D eigenvalue weighted by Gasteiger charge is 2.37. The molecule has 0 aliphatic carbocycles. The van der Waals surface area contributed by atoms with Crippen LogP contribution in [-0.4, -0.2) is 36.4 Å². The number of aryl methyl sites for hydroxylation is 1. The summed E-state index contributed by atoms with van der Waals surface area (Å²) in [6, 6.07) is 5.14. The summed E-state index contributed by atoms with van der Waals surface area (Å²) in [5.41, 5.74) is 1.80. The molecule has 0 spiro atoms. The quantitative estimate of drug-likeness (QED) is 0.837. The van der Waals surface area contributed by atoms with Gasteiger partial charge < -0.3 is 10.1 Å². The number of carbonyl (C=O) groups excluding carboxylic acids is 2. The van der Waals surface area contributed by atoms with E-state index < -0.39 is 6.04 Å². The van der Waals surface area contributed by atoms with E-state index in [1.54, 1.807) is 14.0 Å². The molecule has 0 bridgehead atoms. The van der Waals surface area contributed by atoms with E-state index in [9.17, 15) is 9.59 Å². The molecule has 1 fully saturated rings. The molecule has 0 saturated carbocycles. The minimum absolute atomic E-state index is 0.116. The van der Waals surface area contributed by atoms with Gasteiger partial charge in [0.05, 0.1) is 13.5 Å². The molecule has 102 valence electrons. The normalized spacial score (nSPS) is 18.9. The fourth-order valence-corrected chi connectivity index (χ4v) is 2.30. The number of hydrogen-bond acceptors (Lipinski definition) is 4. The highest BCUT2D eigenvalue weighted by atomic mass is 16.5. The summed E-state index contributed by atoms with van der Waals surface area (Å²) in [5.74, 6) is 0.533. The maximum Gasteiger partial charge on any atom is 0.252 e. The molecule has 1 saturated heterocycles. The van der Waals surface area contributed by atoms with E-state index in [2.05, 4.69) is 5.32 Å². The Kier molecular flexibility index (Phi) is 3.74. The van der Waals surface area contributed by atoms with Crippen LogP contribution in [0.3, 0.4) is 0 Å². The summed E-state index contributed by atoms with van der Waals surface area (Å²) in [5, 5.41) is 3.11. The van der Waals surface area contributed by atoms with Gasteiger partial charge in [-0.2, -0.15) is 0 Å². The summed E-state index contributed by atoms with van der Waals surface area (Å²) in [4.78, 5) is 24.9. The van der Waals surface area contributed by atoms with Crippen molar-refractivity contribution >= 4 is 17.5 Å². The van der Waals surface area contributed by atoms with Crippen LogP contribution in [0.4, 0.5) is 5.69 Å². The number of amides is 2. The van der Waals surface area contributed by atoms with Gasteiger partial charge in [-0.25, -0.2) is 0 Å². The fraction of sp³-hybridized carbons (Fsp3) is 0.429. The number of imide groups is 1. The van der Waals surface area contributed by atoms with E-state index in [1.165, 1.54) is 4.90 Å². The van der Waals surface area contributed by atoms with Crippen LogP contribution in [0.1, 0.15) is 18.9 Å². The van der Waals surface area contributed by atoms with Gasteiger partial charge in [-0.15, -0.1) is 0 Å². The van der Waals surface area contributed by atoms with Gasteiger partial charge in [0.2, 0.25) is 5.91 Å². The van der Waals surface area contributed by atoms with Crippen LogP contribution < -0.4 is 10.1 Å². The monoisotopic (exact) mass is 262 g/mol. The van der Waals surface area contributed by atoms with E-state index in [4.69, 9.17) is 4.74 Å². The van der Waals surface area contributed by atoms with Crippen LogP contribution in [0, 0.1) is 6.92 Å². The Bertz CT molecular complexity index is 513. The summed E-state index contributed by atoms with van der Waals surface area (Å²) in [6.07, 6.45) is 0.220. The zero-order valence-electron chi connectivity index (χ0n) is 11.4. The van der Waals surface area contributed by atoms with E-state index in [1.807, 2.05) is 25.1 Å². The summed E-state index contributed by atoms with van der Waals surface area (Å²) in [6.45, 7) is 4.16. The van der Waals surface area contributed by atoms with Crippen molar-refractivity contribution in [3.05, 3.63) is 23.8 Å². The first-order valence-corrected chi connectivity index (χ1v) is 6.32. The zero-order valence-corrected chi connectivity index (χ0v) is 11.4. The van der Waals surface area contributed by atoms with Gasteiger partial charge in [-0.3, -0.25) is 14.5 Å². The molecule has 1 aliphatic rings. The first kappa shape index (κ1) is 13.4. The summed E-state index contributed by atoms with van der Waals surface area (Å²) < 4.78 is 5.19. The molecule has 1 N–H and O–H groups in total. The lowest BCUT2D eigenvalue weighted by atomic mass is 10.1. The molecule has 1 unspecified atom stereocenters. The third kappa shape index (κ3) is 2.54. The molecule has 1 heterocycles. The number of nitrogens with one attached hydrogen (secondary N) is 1. The van der Waals surface area contributed by atoms with E-state index in [-0.39, 0.29) is 18.2 Å². The van der Waals surface area contributed by atoms with Crippen LogP contribution in [0.25, 0.3) is 0 Å². The van der Waals surface area contributed by atoms with Gasteiger partial charge in [0.1, 0.15) is 11.8 Å². The molecular weight excluding hydrogens is 244 g/mol. The van der Waals surface area contributed by atoms with E-state index in [0.717, 1.165) is 17.0 Å². The van der Waals surface area contributed by atoms with Gasteiger partial charge in [0, 0.05) is 12.2 Å². The fourth-order valence-electron chi connectivity index (χ4n) is 2.30. The van der Waals surface area contributed by atoms with Gasteiger partial charge >= 0.3 is 0 Å². The predicted molar refractivity (Wildman–Crippen MR) is 72.2 cm³/mol. The van der Waals surface area contributed by atoms with Gasteiger partial charge in [-0.05, 0) is 37.6 Å². The molecule has 0 radical (unpaired) electrons. The molecule has 1 aromatic carbocycles. The smallest absolute Gasteiger partial charge is 0.252 e. The number of likely N-dealkylation sites (N-methyl/N-ethyl adjacent to an activating group) is 1. The molecule has 1 atom stereocenters. The summed E-state index contributed by atoms with van der Waals surface area (Å²) >= 11 is 0. The number of carbonyl (C=O) groups is 2. The van der Waals surface area contributed by atoms with E-state index >= 15 is 0 Å². The van der Waals surface area contributed by atoms with Crippen molar-refractivity contribution in [3.63, 3.8) is 0 Å². The lowest BCUT2D eigenvalue weighted by molar-refractivity contribution is -0.138. The number of benzene rings is 1. The lowest BCUT2D eigenvalue weighted by Gasteiger charge is -2.15. The maximum absolute atomic E-state index is 12.0. The van der Waals surface area contributed by atoms with Crippen LogP contribution in [0.2, 0.25) is 0 Å². The number of hydrogen-bond donors (Lipinski definition) is 1. The zero-order chi connectivity index (χ0) is 14.0. The second kappa shape index (κ2) is 5.30. The number of likely N-dealkylation sites (tertiary alicyclic amines) is 1. The molecule has 1 aromatic rings. The Morgan fingerprint density at radius 2 is 2.16 bits per heavy atom. The van der Waals surface area contributed by atoms with Gasteiger partial charge in [0.25, 0.3) is 5.91 Å². The molecule has 5 nitrogen and oxygen atoms in total. The van der Waals surface area contributed by atoms with Crippen molar-refractivity contribution in [3.8, 4) is 5.75 Å². The number of nitrogens with zero attached hydrogens (tertiary/aromatic N) is 1. The Labute approximate surface area is 112 Å². The molecule has 19 heavy (non-hydrogen) atoms. The topological polar surface area (TPSA) is 58.6 Å². The van der Waals surface area contributed by atoms with Crippen molar-refractivity contribution in [2.24, 2.45) is 0 Å². The first-order valence-electron chi connectivity index (χ1n) is 6.32. The van der Waals surface area contributed by atoms with Crippen molar-refractivity contribution < 1.29 is 14.3 Å². The van der Waals surface area contributed by atoms with Gasteiger partial charge in [-0.1, -0.05) is 0 Å². The number of ether oxygens (including phenoxy) is 1. The highest BCUT2D eigenvalue weighted by molar-refractivity contribution is 6.06. The molecule has 0 aromatic heterocycles. The average Bonchev–Trinajstić information content (AvgIpc) is 2.64. The number of methoxy groups -OCH3 is 1. The van der Waals surface area contributed by atoms with Crippen LogP contribution in [-0.2, 0) is 9.59 Å². The average molecular weight is 262 g/mol. The number of rotatable bonds is 4. The predicted octanol–water partition coefficient (Wildman–Crippen LogP) is 1.56. The molecule has 1 aliphatic heterocycles. The van der Waals surface area contributed by atoms with Crippen molar-refractivity contribution in [1.82, 2.24) is 4.90 Å². The van der Waals surface area contributed by atoms with Crippen molar-refractivity contribution in [2.75, 3.05) is 19.0 Å².